The number of methoxy groups -OCH3 is 1. The van der Waals surface area contributed by atoms with Crippen LogP contribution in [0, 0.1) is 0 Å². The van der Waals surface area contributed by atoms with Crippen molar-refractivity contribution in [3.8, 4) is 5.75 Å². The SMILES string of the molecule is C=CCN(C(=O)NC)C1CCC(CNC(=O)c2ccccc2OC)(c2ccccc2)CC1. The molecule has 3 amide bonds. The number of amides is 3. The zero-order valence-electron chi connectivity index (χ0n) is 19.0. The van der Waals surface area contributed by atoms with E-state index in [9.17, 15) is 9.59 Å². The molecule has 0 heterocycles. The van der Waals surface area contributed by atoms with Crippen molar-refractivity contribution < 1.29 is 14.3 Å². The van der Waals surface area contributed by atoms with Crippen molar-refractivity contribution in [1.82, 2.24) is 15.5 Å². The normalized spacial score (nSPS) is 20.1. The first kappa shape index (κ1) is 23.4. The number of urea groups is 1. The zero-order valence-corrected chi connectivity index (χ0v) is 19.0. The summed E-state index contributed by atoms with van der Waals surface area (Å²) >= 11 is 0. The molecule has 0 spiro atoms. The highest BCUT2D eigenvalue weighted by Crippen LogP contribution is 2.40. The maximum atomic E-state index is 13.0. The number of ether oxygens (including phenoxy) is 1. The highest BCUT2D eigenvalue weighted by Gasteiger charge is 2.39. The molecule has 0 saturated heterocycles. The van der Waals surface area contributed by atoms with E-state index in [1.807, 2.05) is 35.2 Å². The van der Waals surface area contributed by atoms with E-state index in [0.717, 1.165) is 25.7 Å². The standard InChI is InChI=1S/C26H33N3O3/c1-4-18-29(25(31)27-2)21-14-16-26(17-15-21,20-10-6-5-7-11-20)19-28-24(30)22-12-8-9-13-23(22)32-3/h4-13,21H,1,14-19H2,2-3H3,(H,27,31)(H,28,30). The zero-order chi connectivity index (χ0) is 23.0. The molecule has 3 rings (SSSR count). The topological polar surface area (TPSA) is 70.7 Å². The lowest BCUT2D eigenvalue weighted by atomic mass is 9.67. The Balaban J connectivity index is 1.78. The van der Waals surface area contributed by atoms with Crippen LogP contribution >= 0.6 is 0 Å². The van der Waals surface area contributed by atoms with E-state index in [4.69, 9.17) is 4.74 Å². The predicted molar refractivity (Wildman–Crippen MR) is 127 cm³/mol. The minimum atomic E-state index is -0.183. The van der Waals surface area contributed by atoms with Gasteiger partial charge < -0.3 is 20.3 Å². The van der Waals surface area contributed by atoms with Crippen molar-refractivity contribution in [2.24, 2.45) is 0 Å². The van der Waals surface area contributed by atoms with Gasteiger partial charge in [0.15, 0.2) is 0 Å². The largest absolute Gasteiger partial charge is 0.496 e. The van der Waals surface area contributed by atoms with Crippen molar-refractivity contribution in [3.63, 3.8) is 0 Å². The Hall–Kier alpha value is -3.28. The van der Waals surface area contributed by atoms with Crippen LogP contribution < -0.4 is 15.4 Å². The van der Waals surface area contributed by atoms with Gasteiger partial charge in [-0.25, -0.2) is 4.79 Å². The summed E-state index contributed by atoms with van der Waals surface area (Å²) < 4.78 is 5.35. The summed E-state index contributed by atoms with van der Waals surface area (Å²) in [6, 6.07) is 17.7. The monoisotopic (exact) mass is 435 g/mol. The smallest absolute Gasteiger partial charge is 0.317 e. The first-order valence-electron chi connectivity index (χ1n) is 11.1. The van der Waals surface area contributed by atoms with E-state index in [-0.39, 0.29) is 23.4 Å². The Morgan fingerprint density at radius 2 is 1.78 bits per heavy atom. The van der Waals surface area contributed by atoms with Crippen molar-refractivity contribution >= 4 is 11.9 Å². The van der Waals surface area contributed by atoms with Crippen LogP contribution in [0.4, 0.5) is 4.79 Å². The van der Waals surface area contributed by atoms with E-state index in [0.29, 0.717) is 24.4 Å². The third-order valence-electron chi connectivity index (χ3n) is 6.48. The Labute approximate surface area is 190 Å². The average Bonchev–Trinajstić information content (AvgIpc) is 2.86. The van der Waals surface area contributed by atoms with E-state index < -0.39 is 0 Å². The molecule has 0 aliphatic heterocycles. The van der Waals surface area contributed by atoms with Gasteiger partial charge in [-0.15, -0.1) is 6.58 Å². The van der Waals surface area contributed by atoms with Crippen LogP contribution in [0.1, 0.15) is 41.6 Å². The third kappa shape index (κ3) is 5.13. The van der Waals surface area contributed by atoms with Crippen LogP contribution in [-0.2, 0) is 5.41 Å². The minimum Gasteiger partial charge on any atom is -0.496 e. The molecular formula is C26H33N3O3. The van der Waals surface area contributed by atoms with Crippen LogP contribution in [0.5, 0.6) is 5.75 Å². The quantitative estimate of drug-likeness (QED) is 0.613. The van der Waals surface area contributed by atoms with Crippen LogP contribution in [0.3, 0.4) is 0 Å². The first-order valence-corrected chi connectivity index (χ1v) is 11.1. The Morgan fingerprint density at radius 1 is 1.12 bits per heavy atom. The fraction of sp³-hybridized carbons (Fsp3) is 0.385. The minimum absolute atomic E-state index is 0.0772. The number of rotatable bonds is 8. The van der Waals surface area contributed by atoms with Gasteiger partial charge in [-0.2, -0.15) is 0 Å². The number of hydrogen-bond acceptors (Lipinski definition) is 3. The molecule has 32 heavy (non-hydrogen) atoms. The number of nitrogens with one attached hydrogen (secondary N) is 2. The molecule has 2 N–H and O–H groups in total. The number of nitrogens with zero attached hydrogens (tertiary/aromatic N) is 1. The molecule has 0 aromatic heterocycles. The summed E-state index contributed by atoms with van der Waals surface area (Å²) in [5.41, 5.74) is 1.57. The second-order valence-corrected chi connectivity index (χ2v) is 8.26. The van der Waals surface area contributed by atoms with Crippen molar-refractivity contribution in [2.45, 2.75) is 37.1 Å². The summed E-state index contributed by atoms with van der Waals surface area (Å²) in [4.78, 5) is 27.2. The summed E-state index contributed by atoms with van der Waals surface area (Å²) in [6.45, 7) is 4.85. The van der Waals surface area contributed by atoms with Crippen LogP contribution in [0.25, 0.3) is 0 Å². The van der Waals surface area contributed by atoms with Gasteiger partial charge in [0, 0.05) is 31.6 Å². The lowest BCUT2D eigenvalue weighted by Gasteiger charge is -2.44. The maximum Gasteiger partial charge on any atom is 0.317 e. The number of hydrogen-bond donors (Lipinski definition) is 2. The summed E-state index contributed by atoms with van der Waals surface area (Å²) in [6.07, 6.45) is 5.24. The van der Waals surface area contributed by atoms with Gasteiger partial charge in [-0.3, -0.25) is 4.79 Å². The van der Waals surface area contributed by atoms with Gasteiger partial charge in [0.1, 0.15) is 5.75 Å². The molecule has 6 heteroatoms. The molecule has 2 aromatic rings. The molecular weight excluding hydrogens is 402 g/mol. The highest BCUT2D eigenvalue weighted by atomic mass is 16.5. The van der Waals surface area contributed by atoms with Crippen molar-refractivity contribution in [2.75, 3.05) is 27.2 Å². The van der Waals surface area contributed by atoms with Gasteiger partial charge in [0.05, 0.1) is 12.7 Å². The van der Waals surface area contributed by atoms with E-state index in [1.165, 1.54) is 5.56 Å². The summed E-state index contributed by atoms with van der Waals surface area (Å²) in [7, 11) is 3.23. The van der Waals surface area contributed by atoms with Crippen LogP contribution in [0.2, 0.25) is 0 Å². The van der Waals surface area contributed by atoms with Crippen LogP contribution in [-0.4, -0.2) is 50.1 Å². The fourth-order valence-electron chi connectivity index (χ4n) is 4.68. The molecule has 1 aliphatic rings. The van der Waals surface area contributed by atoms with Crippen LogP contribution in [0.15, 0.2) is 67.3 Å². The second kappa shape index (κ2) is 10.8. The molecule has 1 saturated carbocycles. The molecule has 0 radical (unpaired) electrons. The Morgan fingerprint density at radius 3 is 2.41 bits per heavy atom. The van der Waals surface area contributed by atoms with Crippen molar-refractivity contribution in [3.05, 3.63) is 78.4 Å². The van der Waals surface area contributed by atoms with Crippen molar-refractivity contribution in [1.29, 1.82) is 0 Å². The number of para-hydroxylation sites is 1. The average molecular weight is 436 g/mol. The molecule has 0 atom stereocenters. The molecule has 1 aliphatic carbocycles. The molecule has 0 unspecified atom stereocenters. The molecule has 6 nitrogen and oxygen atoms in total. The maximum absolute atomic E-state index is 13.0. The first-order chi connectivity index (χ1) is 15.5. The van der Waals surface area contributed by atoms with Gasteiger partial charge in [-0.1, -0.05) is 48.5 Å². The summed E-state index contributed by atoms with van der Waals surface area (Å²) in [5.74, 6) is 0.423. The fourth-order valence-corrected chi connectivity index (χ4v) is 4.68. The predicted octanol–water partition coefficient (Wildman–Crippen LogP) is 4.13. The van der Waals surface area contributed by atoms with Gasteiger partial charge >= 0.3 is 6.03 Å². The van der Waals surface area contributed by atoms with Gasteiger partial charge in [0.25, 0.3) is 5.91 Å². The molecule has 2 aromatic carbocycles. The molecule has 1 fully saturated rings. The number of carbonyl (C=O) groups is 2. The highest BCUT2D eigenvalue weighted by molar-refractivity contribution is 5.97. The van der Waals surface area contributed by atoms with Gasteiger partial charge in [-0.05, 0) is 43.4 Å². The van der Waals surface area contributed by atoms with Gasteiger partial charge in [0.2, 0.25) is 0 Å². The van der Waals surface area contributed by atoms with E-state index >= 15 is 0 Å². The lowest BCUT2D eigenvalue weighted by molar-refractivity contribution is 0.0923. The number of benzene rings is 2. The molecule has 0 bridgehead atoms. The van der Waals surface area contributed by atoms with E-state index in [2.05, 4.69) is 29.3 Å². The third-order valence-corrected chi connectivity index (χ3v) is 6.48. The Bertz CT molecular complexity index is 921. The summed E-state index contributed by atoms with van der Waals surface area (Å²) in [5, 5.41) is 5.90. The second-order valence-electron chi connectivity index (χ2n) is 8.26. The lowest BCUT2D eigenvalue weighted by Crippen LogP contribution is -2.50. The Kier molecular flexibility index (Phi) is 7.92. The number of carbonyl (C=O) groups excluding carboxylic acids is 2. The molecule has 170 valence electrons. The van der Waals surface area contributed by atoms with E-state index in [1.54, 1.807) is 32.4 Å².